The first-order valence-electron chi connectivity index (χ1n) is 8.40. The molecule has 1 saturated heterocycles. The molecule has 1 atom stereocenters. The summed E-state index contributed by atoms with van der Waals surface area (Å²) >= 11 is 1.88. The third kappa shape index (κ3) is 3.38. The van der Waals surface area contributed by atoms with Gasteiger partial charge < -0.3 is 9.32 Å². The van der Waals surface area contributed by atoms with Crippen LogP contribution < -0.4 is 0 Å². The van der Waals surface area contributed by atoms with Crippen LogP contribution in [0.4, 0.5) is 0 Å². The lowest BCUT2D eigenvalue weighted by Gasteiger charge is -2.34. The number of furan rings is 1. The van der Waals surface area contributed by atoms with Gasteiger partial charge in [0.25, 0.3) is 0 Å². The van der Waals surface area contributed by atoms with Crippen LogP contribution >= 0.6 is 11.8 Å². The molecule has 2 aromatic rings. The fourth-order valence-electron chi connectivity index (χ4n) is 3.33. The number of aromatic nitrogens is 2. The van der Waals surface area contributed by atoms with Gasteiger partial charge in [0.2, 0.25) is 5.91 Å². The maximum absolute atomic E-state index is 12.8. The lowest BCUT2D eigenvalue weighted by molar-refractivity contribution is -0.133. The summed E-state index contributed by atoms with van der Waals surface area (Å²) in [6, 6.07) is 4.03. The molecule has 1 amide bonds. The minimum atomic E-state index is 0.0565. The number of nitrogens with zero attached hydrogens (tertiary/aromatic N) is 3. The zero-order valence-corrected chi connectivity index (χ0v) is 15.7. The highest BCUT2D eigenvalue weighted by Gasteiger charge is 2.30. The molecule has 0 bridgehead atoms. The summed E-state index contributed by atoms with van der Waals surface area (Å²) in [5.41, 5.74) is 3.37. The van der Waals surface area contributed by atoms with Gasteiger partial charge in [0, 0.05) is 37.2 Å². The number of amides is 1. The van der Waals surface area contributed by atoms with Crippen LogP contribution in [0.3, 0.4) is 0 Å². The highest BCUT2D eigenvalue weighted by molar-refractivity contribution is 7.99. The van der Waals surface area contributed by atoms with E-state index in [9.17, 15) is 4.79 Å². The third-order valence-corrected chi connectivity index (χ3v) is 5.81. The van der Waals surface area contributed by atoms with Gasteiger partial charge in [-0.1, -0.05) is 0 Å². The number of hydrogen-bond donors (Lipinski definition) is 0. The summed E-state index contributed by atoms with van der Waals surface area (Å²) in [6.45, 7) is 6.81. The molecule has 0 radical (unpaired) electrons. The molecular formula is C18H25N3O2S. The van der Waals surface area contributed by atoms with Gasteiger partial charge >= 0.3 is 0 Å². The Hall–Kier alpha value is -1.69. The van der Waals surface area contributed by atoms with Crippen molar-refractivity contribution in [2.24, 2.45) is 7.05 Å². The fourth-order valence-corrected chi connectivity index (χ4v) is 4.39. The molecule has 0 saturated carbocycles. The Kier molecular flexibility index (Phi) is 5.04. The Morgan fingerprint density at radius 1 is 1.38 bits per heavy atom. The molecular weight excluding hydrogens is 322 g/mol. The summed E-state index contributed by atoms with van der Waals surface area (Å²) in [7, 11) is 1.95. The molecule has 3 heterocycles. The van der Waals surface area contributed by atoms with Crippen LogP contribution in [0.5, 0.6) is 0 Å². The molecule has 0 aromatic carbocycles. The normalized spacial score (nSPS) is 18.2. The molecule has 0 aliphatic carbocycles. The Labute approximate surface area is 147 Å². The number of hydrogen-bond acceptors (Lipinski definition) is 4. The molecule has 6 heteroatoms. The first kappa shape index (κ1) is 17.1. The standard InChI is InChI=1S/C18H25N3O2S/c1-12-5-7-17(23-12)16-11-24-10-9-21(16)18(22)8-6-15-13(2)19-20(4)14(15)3/h5,7,16H,6,8-11H2,1-4H3/t16-/m0/s1. The van der Waals surface area contributed by atoms with Crippen LogP contribution in [-0.4, -0.2) is 38.6 Å². The van der Waals surface area contributed by atoms with Crippen LogP contribution in [-0.2, 0) is 18.3 Å². The summed E-state index contributed by atoms with van der Waals surface area (Å²) < 4.78 is 7.68. The predicted molar refractivity (Wildman–Crippen MR) is 96.2 cm³/mol. The molecule has 3 rings (SSSR count). The molecule has 1 aliphatic heterocycles. The Morgan fingerprint density at radius 2 is 2.17 bits per heavy atom. The van der Waals surface area contributed by atoms with Crippen LogP contribution in [0.15, 0.2) is 16.5 Å². The monoisotopic (exact) mass is 347 g/mol. The zero-order chi connectivity index (χ0) is 17.3. The average Bonchev–Trinajstić information content (AvgIpc) is 3.10. The second-order valence-corrected chi connectivity index (χ2v) is 7.55. The van der Waals surface area contributed by atoms with Gasteiger partial charge in [0.1, 0.15) is 11.5 Å². The van der Waals surface area contributed by atoms with Gasteiger partial charge in [0.15, 0.2) is 0 Å². The minimum absolute atomic E-state index is 0.0565. The van der Waals surface area contributed by atoms with Gasteiger partial charge in [-0.05, 0) is 44.9 Å². The topological polar surface area (TPSA) is 51.3 Å². The molecule has 0 N–H and O–H groups in total. The van der Waals surface area contributed by atoms with Crippen molar-refractivity contribution in [3.8, 4) is 0 Å². The minimum Gasteiger partial charge on any atom is -0.464 e. The van der Waals surface area contributed by atoms with Crippen molar-refractivity contribution in [3.63, 3.8) is 0 Å². The van der Waals surface area contributed by atoms with Crippen LogP contribution in [0.1, 0.15) is 40.9 Å². The molecule has 5 nitrogen and oxygen atoms in total. The van der Waals surface area contributed by atoms with E-state index in [0.717, 1.165) is 47.4 Å². The molecule has 1 aliphatic rings. The van der Waals surface area contributed by atoms with E-state index in [1.54, 1.807) is 0 Å². The van der Waals surface area contributed by atoms with E-state index in [4.69, 9.17) is 4.42 Å². The van der Waals surface area contributed by atoms with Crippen LogP contribution in [0, 0.1) is 20.8 Å². The van der Waals surface area contributed by atoms with Gasteiger partial charge in [0.05, 0.1) is 11.7 Å². The fraction of sp³-hybridized carbons (Fsp3) is 0.556. The molecule has 1 fully saturated rings. The van der Waals surface area contributed by atoms with Crippen molar-refractivity contribution in [2.45, 2.75) is 39.7 Å². The largest absolute Gasteiger partial charge is 0.464 e. The number of rotatable bonds is 4. The maximum Gasteiger partial charge on any atom is 0.223 e. The van der Waals surface area contributed by atoms with Gasteiger partial charge in [-0.2, -0.15) is 16.9 Å². The van der Waals surface area contributed by atoms with Gasteiger partial charge in [-0.25, -0.2) is 0 Å². The predicted octanol–water partition coefficient (Wildman–Crippen LogP) is 3.19. The first-order chi connectivity index (χ1) is 11.5. The van der Waals surface area contributed by atoms with Crippen molar-refractivity contribution < 1.29 is 9.21 Å². The van der Waals surface area contributed by atoms with Crippen molar-refractivity contribution in [2.75, 3.05) is 18.1 Å². The molecule has 0 unspecified atom stereocenters. The maximum atomic E-state index is 12.8. The van der Waals surface area contributed by atoms with Gasteiger partial charge in [-0.3, -0.25) is 9.48 Å². The summed E-state index contributed by atoms with van der Waals surface area (Å²) in [4.78, 5) is 14.8. The second-order valence-electron chi connectivity index (χ2n) is 6.40. The molecule has 0 spiro atoms. The lowest BCUT2D eigenvalue weighted by atomic mass is 10.1. The van der Waals surface area contributed by atoms with E-state index in [2.05, 4.69) is 12.0 Å². The number of carbonyl (C=O) groups is 1. The van der Waals surface area contributed by atoms with Gasteiger partial charge in [-0.15, -0.1) is 0 Å². The van der Waals surface area contributed by atoms with E-state index in [0.29, 0.717) is 6.42 Å². The Morgan fingerprint density at radius 3 is 2.79 bits per heavy atom. The highest BCUT2D eigenvalue weighted by atomic mass is 32.2. The van der Waals surface area contributed by atoms with E-state index in [-0.39, 0.29) is 11.9 Å². The molecule has 130 valence electrons. The van der Waals surface area contributed by atoms with Crippen LogP contribution in [0.2, 0.25) is 0 Å². The second kappa shape index (κ2) is 7.05. The van der Waals surface area contributed by atoms with E-state index < -0.39 is 0 Å². The Balaban J connectivity index is 1.70. The molecule has 2 aromatic heterocycles. The summed E-state index contributed by atoms with van der Waals surface area (Å²) in [5.74, 6) is 3.91. The number of carbonyl (C=O) groups excluding carboxylic acids is 1. The summed E-state index contributed by atoms with van der Waals surface area (Å²) in [5, 5.41) is 4.44. The van der Waals surface area contributed by atoms with E-state index in [1.807, 2.05) is 54.4 Å². The average molecular weight is 347 g/mol. The highest BCUT2D eigenvalue weighted by Crippen LogP contribution is 2.31. The molecule has 24 heavy (non-hydrogen) atoms. The lowest BCUT2D eigenvalue weighted by Crippen LogP contribution is -2.40. The Bertz CT molecular complexity index is 735. The quantitative estimate of drug-likeness (QED) is 0.852. The summed E-state index contributed by atoms with van der Waals surface area (Å²) in [6.07, 6.45) is 1.27. The van der Waals surface area contributed by atoms with Crippen molar-refractivity contribution in [1.82, 2.24) is 14.7 Å². The SMILES string of the molecule is Cc1ccc([C@@H]2CSCCN2C(=O)CCc2c(C)nn(C)c2C)o1. The first-order valence-corrected chi connectivity index (χ1v) is 9.55. The smallest absolute Gasteiger partial charge is 0.223 e. The number of thioether (sulfide) groups is 1. The third-order valence-electron chi connectivity index (χ3n) is 4.79. The van der Waals surface area contributed by atoms with E-state index >= 15 is 0 Å². The van der Waals surface area contributed by atoms with Crippen LogP contribution in [0.25, 0.3) is 0 Å². The van der Waals surface area contributed by atoms with E-state index in [1.165, 1.54) is 5.56 Å². The zero-order valence-electron chi connectivity index (χ0n) is 14.8. The van der Waals surface area contributed by atoms with Crippen molar-refractivity contribution >= 4 is 17.7 Å². The van der Waals surface area contributed by atoms with Crippen molar-refractivity contribution in [1.29, 1.82) is 0 Å². The van der Waals surface area contributed by atoms with Crippen molar-refractivity contribution in [3.05, 3.63) is 40.6 Å². The number of aryl methyl sites for hydroxylation is 3.